The van der Waals surface area contributed by atoms with Crippen molar-refractivity contribution >= 4 is 28.0 Å². The van der Waals surface area contributed by atoms with E-state index in [1.165, 1.54) is 11.1 Å². The number of aromatic nitrogens is 1. The molecule has 0 atom stereocenters. The van der Waals surface area contributed by atoms with Gasteiger partial charge in [0.25, 0.3) is 0 Å². The number of rotatable bonds is 7. The van der Waals surface area contributed by atoms with E-state index in [2.05, 4.69) is 73.3 Å². The largest absolute Gasteiger partial charge is 0.416 e. The van der Waals surface area contributed by atoms with Crippen molar-refractivity contribution in [2.24, 2.45) is 0 Å². The molecule has 5 aromatic carbocycles. The Morgan fingerprint density at radius 1 is 0.329 bits per heavy atom. The summed E-state index contributed by atoms with van der Waals surface area (Å²) in [5.41, 5.74) is -27.5. The summed E-state index contributed by atoms with van der Waals surface area (Å²) in [7, 11) is 0. The van der Waals surface area contributed by atoms with E-state index in [0.29, 0.717) is 5.92 Å². The summed E-state index contributed by atoms with van der Waals surface area (Å²) in [4.78, 5) is 0. The van der Waals surface area contributed by atoms with Crippen molar-refractivity contribution in [2.45, 2.75) is 75.7 Å². The molecule has 6 aromatic rings. The van der Waals surface area contributed by atoms with Gasteiger partial charge in [0.1, 0.15) is 6.15 Å². The number of halogens is 24. The van der Waals surface area contributed by atoms with E-state index in [4.69, 9.17) is 0 Å². The first-order valence-electron chi connectivity index (χ1n) is 20.4. The fraction of sp³-hybridized carbons (Fsp3) is 0.255. The third-order valence-corrected chi connectivity index (χ3v) is 11.2. The second kappa shape index (κ2) is 19.8. The Hall–Kier alpha value is -6.37. The number of hydrogen-bond acceptors (Lipinski definition) is 0. The van der Waals surface area contributed by atoms with Crippen LogP contribution in [0.1, 0.15) is 75.4 Å². The molecule has 26 heteroatoms. The van der Waals surface area contributed by atoms with Crippen LogP contribution in [0.15, 0.2) is 128 Å². The average molecular weight is 1080 g/mol. The number of benzene rings is 5. The summed E-state index contributed by atoms with van der Waals surface area (Å²) in [6.45, 7) is 5.38. The molecule has 0 N–H and O–H groups in total. The normalized spacial score (nSPS) is 13.5. The van der Waals surface area contributed by atoms with Crippen LogP contribution in [0.4, 0.5) is 105 Å². The van der Waals surface area contributed by atoms with Gasteiger partial charge in [-0.1, -0.05) is 92.7 Å². The molecule has 1 heterocycles. The summed E-state index contributed by atoms with van der Waals surface area (Å²) in [6.07, 6.45) is -50.5. The van der Waals surface area contributed by atoms with Crippen LogP contribution in [0.3, 0.4) is 0 Å². The number of nitrogens with zero attached hydrogens (tertiary/aromatic N) is 1. The highest BCUT2D eigenvalue weighted by Crippen LogP contribution is 2.41. The van der Waals surface area contributed by atoms with E-state index < -0.39 is 195 Å². The lowest BCUT2D eigenvalue weighted by molar-refractivity contribution is -0.688. The molecular formula is C47H30BF24N. The van der Waals surface area contributed by atoms with Crippen LogP contribution in [0.2, 0.25) is 0 Å². The van der Waals surface area contributed by atoms with Crippen molar-refractivity contribution < 1.29 is 110 Å². The Bertz CT molecular complexity index is 2440. The Labute approximate surface area is 396 Å². The molecule has 6 rings (SSSR count). The summed E-state index contributed by atoms with van der Waals surface area (Å²) in [5, 5.41) is 0. The summed E-state index contributed by atoms with van der Waals surface area (Å²) >= 11 is 0. The Kier molecular flexibility index (Phi) is 15.6. The lowest BCUT2D eigenvalue weighted by atomic mass is 9.12. The molecule has 73 heavy (non-hydrogen) atoms. The Morgan fingerprint density at radius 3 is 0.740 bits per heavy atom. The highest BCUT2D eigenvalue weighted by atomic mass is 19.4. The molecule has 0 saturated carbocycles. The minimum absolute atomic E-state index is 0.603. The van der Waals surface area contributed by atoms with Crippen molar-refractivity contribution in [3.63, 3.8) is 0 Å². The van der Waals surface area contributed by atoms with Crippen molar-refractivity contribution in [1.82, 2.24) is 0 Å². The predicted molar refractivity (Wildman–Crippen MR) is 216 cm³/mol. The molecule has 0 aliphatic carbocycles. The molecule has 1 nitrogen and oxygen atoms in total. The first-order chi connectivity index (χ1) is 33.0. The van der Waals surface area contributed by atoms with Gasteiger partial charge in [-0.25, -0.2) is 4.57 Å². The minimum Gasteiger partial charge on any atom is -0.201 e. The fourth-order valence-electron chi connectivity index (χ4n) is 7.82. The molecule has 0 amide bonds. The van der Waals surface area contributed by atoms with E-state index in [0.717, 1.165) is 6.54 Å². The van der Waals surface area contributed by atoms with E-state index in [-0.39, 0.29) is 0 Å². The van der Waals surface area contributed by atoms with Crippen LogP contribution in [-0.4, -0.2) is 6.15 Å². The molecule has 0 spiro atoms. The van der Waals surface area contributed by atoms with E-state index in [1.54, 1.807) is 0 Å². The van der Waals surface area contributed by atoms with Gasteiger partial charge in [0.05, 0.1) is 44.5 Å². The zero-order valence-corrected chi connectivity index (χ0v) is 36.5. The van der Waals surface area contributed by atoms with Gasteiger partial charge in [0.2, 0.25) is 0 Å². The van der Waals surface area contributed by atoms with Crippen LogP contribution in [0.5, 0.6) is 0 Å². The molecule has 0 saturated heterocycles. The lowest BCUT2D eigenvalue weighted by Gasteiger charge is -2.46. The van der Waals surface area contributed by atoms with E-state index >= 15 is 0 Å². The Morgan fingerprint density at radius 2 is 0.548 bits per heavy atom. The summed E-state index contributed by atoms with van der Waals surface area (Å²) < 4.78 is 343. The van der Waals surface area contributed by atoms with E-state index in [1.807, 2.05) is 0 Å². The topological polar surface area (TPSA) is 3.88 Å². The molecule has 0 fully saturated rings. The van der Waals surface area contributed by atoms with Gasteiger partial charge < -0.3 is 0 Å². The van der Waals surface area contributed by atoms with Crippen LogP contribution in [0.25, 0.3) is 0 Å². The second-order valence-electron chi connectivity index (χ2n) is 16.7. The predicted octanol–water partition coefficient (Wildman–Crippen LogP) is 14.4. The molecule has 0 aliphatic heterocycles. The third kappa shape index (κ3) is 13.6. The first-order valence-corrected chi connectivity index (χ1v) is 20.4. The van der Waals surface area contributed by atoms with Gasteiger partial charge in [-0.15, -0.1) is 0 Å². The molecular weight excluding hydrogens is 1050 g/mol. The minimum atomic E-state index is -6.13. The number of pyridine rings is 1. The van der Waals surface area contributed by atoms with E-state index in [9.17, 15) is 105 Å². The van der Waals surface area contributed by atoms with Crippen molar-refractivity contribution in [2.75, 3.05) is 0 Å². The maximum atomic E-state index is 14.2. The maximum Gasteiger partial charge on any atom is 0.416 e. The number of alkyl halides is 24. The van der Waals surface area contributed by atoms with Gasteiger partial charge in [-0.05, 0) is 35.7 Å². The molecule has 1 aromatic heterocycles. The highest BCUT2D eigenvalue weighted by Gasteiger charge is 2.47. The van der Waals surface area contributed by atoms with Gasteiger partial charge in [-0.2, -0.15) is 127 Å². The van der Waals surface area contributed by atoms with Crippen molar-refractivity contribution in [3.8, 4) is 0 Å². The quantitative estimate of drug-likeness (QED) is 0.0852. The van der Waals surface area contributed by atoms with Crippen LogP contribution < -0.4 is 26.4 Å². The van der Waals surface area contributed by atoms with Gasteiger partial charge in [0.15, 0.2) is 18.9 Å². The molecule has 0 bridgehead atoms. The standard InChI is InChI=1S/C32H12BF24.C15H18N/c34-25(35,36)13-1-14(26(37,38)39)6-21(5-13)33(22-7-15(27(40,41)42)2-16(8-22)28(43,44)45,23-9-17(29(46,47)48)3-18(10-23)30(49,50)51)24-11-19(31(52,53)54)4-20(12-24)32(55,56)57;1-13(2)15-8-10-16(11-9-15)12-14-6-4-3-5-7-14/h1-12H;3-11,13H,12H2,1-2H3/q-1;+1. The van der Waals surface area contributed by atoms with Crippen molar-refractivity contribution in [3.05, 3.63) is 183 Å². The summed E-state index contributed by atoms with van der Waals surface area (Å²) in [5.74, 6) is 0.603. The molecule has 0 unspecified atom stereocenters. The monoisotopic (exact) mass is 1080 g/mol. The van der Waals surface area contributed by atoms with Crippen LogP contribution in [0, 0.1) is 0 Å². The lowest BCUT2D eigenvalue weighted by Crippen LogP contribution is -2.75. The van der Waals surface area contributed by atoms with Gasteiger partial charge in [0, 0.05) is 17.7 Å². The summed E-state index contributed by atoms with van der Waals surface area (Å²) in [6, 6.07) is 6.12. The molecule has 394 valence electrons. The SMILES string of the molecule is CC(C)c1cc[n+](Cc2ccccc2)cc1.FC(F)(F)c1cc([B-](c2cc(C(F)(F)F)cc(C(F)(F)F)c2)(c2cc(C(F)(F)F)cc(C(F)(F)F)c2)c2cc(C(F)(F)F)cc(C(F)(F)F)c2)cc(C(F)(F)F)c1. The van der Waals surface area contributed by atoms with Gasteiger partial charge in [-0.3, -0.25) is 0 Å². The van der Waals surface area contributed by atoms with Crippen molar-refractivity contribution in [1.29, 1.82) is 0 Å². The second-order valence-corrected chi connectivity index (χ2v) is 16.7. The molecule has 0 radical (unpaired) electrons. The Balaban J connectivity index is 0.000000520. The maximum absolute atomic E-state index is 14.2. The third-order valence-electron chi connectivity index (χ3n) is 11.2. The molecule has 0 aliphatic rings. The number of hydrogen-bond donors (Lipinski definition) is 0. The average Bonchev–Trinajstić information content (AvgIpc) is 3.25. The first kappa shape index (κ1) is 57.5. The highest BCUT2D eigenvalue weighted by molar-refractivity contribution is 7.20. The van der Waals surface area contributed by atoms with Crippen LogP contribution in [-0.2, 0) is 56.0 Å². The smallest absolute Gasteiger partial charge is 0.201 e. The van der Waals surface area contributed by atoms with Crippen LogP contribution >= 0.6 is 0 Å². The fourth-order valence-corrected chi connectivity index (χ4v) is 7.82. The zero-order valence-electron chi connectivity index (χ0n) is 36.5. The van der Waals surface area contributed by atoms with Gasteiger partial charge >= 0.3 is 49.4 Å². The zero-order chi connectivity index (χ0) is 55.3.